The van der Waals surface area contributed by atoms with Crippen LogP contribution in [0, 0.1) is 0 Å². The first kappa shape index (κ1) is 10.5. The van der Waals surface area contributed by atoms with Crippen molar-refractivity contribution in [1.82, 2.24) is 4.98 Å². The Labute approximate surface area is 83.3 Å². The summed E-state index contributed by atoms with van der Waals surface area (Å²) in [7, 11) is 0. The Morgan fingerprint density at radius 2 is 2.29 bits per heavy atom. The Morgan fingerprint density at radius 3 is 2.86 bits per heavy atom. The maximum absolute atomic E-state index is 10.9. The summed E-state index contributed by atoms with van der Waals surface area (Å²) in [4.78, 5) is 14.9. The van der Waals surface area contributed by atoms with E-state index in [-0.39, 0.29) is 12.0 Å². The van der Waals surface area contributed by atoms with Crippen molar-refractivity contribution < 1.29 is 9.53 Å². The van der Waals surface area contributed by atoms with Gasteiger partial charge in [-0.2, -0.15) is 0 Å². The molecular weight excluding hydrogens is 180 g/mol. The molecule has 1 N–H and O–H groups in total. The zero-order chi connectivity index (χ0) is 10.6. The smallest absolute Gasteiger partial charge is 0.238 e. The fourth-order valence-corrected chi connectivity index (χ4v) is 0.993. The van der Waals surface area contributed by atoms with Crippen molar-refractivity contribution in [2.24, 2.45) is 0 Å². The van der Waals surface area contributed by atoms with Gasteiger partial charge in [0.25, 0.3) is 0 Å². The average molecular weight is 194 g/mol. The van der Waals surface area contributed by atoms with E-state index in [0.717, 1.165) is 0 Å². The molecule has 0 saturated heterocycles. The quantitative estimate of drug-likeness (QED) is 0.798. The molecule has 0 radical (unpaired) electrons. The van der Waals surface area contributed by atoms with Gasteiger partial charge in [0, 0.05) is 13.1 Å². The average Bonchev–Trinajstić information content (AvgIpc) is 2.06. The number of nitrogens with one attached hydrogen (secondary N) is 1. The van der Waals surface area contributed by atoms with Crippen LogP contribution in [0.25, 0.3) is 0 Å². The molecule has 0 atom stereocenters. The first-order valence-corrected chi connectivity index (χ1v) is 4.49. The van der Waals surface area contributed by atoms with E-state index in [1.54, 1.807) is 18.3 Å². The second-order valence-electron chi connectivity index (χ2n) is 3.20. The molecule has 0 fully saturated rings. The van der Waals surface area contributed by atoms with Crippen molar-refractivity contribution in [2.75, 3.05) is 5.32 Å². The highest BCUT2D eigenvalue weighted by Crippen LogP contribution is 2.21. The van der Waals surface area contributed by atoms with E-state index < -0.39 is 0 Å². The van der Waals surface area contributed by atoms with Crippen LogP contribution in [-0.4, -0.2) is 17.0 Å². The van der Waals surface area contributed by atoms with Crippen LogP contribution in [0.1, 0.15) is 20.8 Å². The lowest BCUT2D eigenvalue weighted by atomic mass is 10.4. The van der Waals surface area contributed by atoms with Crippen LogP contribution in [0.15, 0.2) is 18.3 Å². The molecule has 1 rings (SSSR count). The lowest BCUT2D eigenvalue weighted by molar-refractivity contribution is -0.114. The molecule has 0 bridgehead atoms. The van der Waals surface area contributed by atoms with Crippen LogP contribution >= 0.6 is 0 Å². The number of carbonyl (C=O) groups excluding carboxylic acids is 1. The summed E-state index contributed by atoms with van der Waals surface area (Å²) < 4.78 is 5.42. The molecule has 14 heavy (non-hydrogen) atoms. The van der Waals surface area contributed by atoms with E-state index in [0.29, 0.717) is 11.6 Å². The van der Waals surface area contributed by atoms with Gasteiger partial charge < -0.3 is 10.1 Å². The van der Waals surface area contributed by atoms with E-state index in [1.807, 2.05) is 13.8 Å². The van der Waals surface area contributed by atoms with Crippen molar-refractivity contribution in [1.29, 1.82) is 0 Å². The summed E-state index contributed by atoms with van der Waals surface area (Å²) in [5.41, 5.74) is 0.605. The Kier molecular flexibility index (Phi) is 3.45. The fourth-order valence-electron chi connectivity index (χ4n) is 0.993. The largest absolute Gasteiger partial charge is 0.473 e. The van der Waals surface area contributed by atoms with Crippen LogP contribution < -0.4 is 10.1 Å². The lowest BCUT2D eigenvalue weighted by Gasteiger charge is -2.12. The van der Waals surface area contributed by atoms with Crippen molar-refractivity contribution in [3.05, 3.63) is 18.3 Å². The standard InChI is InChI=1S/C10H14N2O2/c1-7(2)14-10-9(12-8(3)13)5-4-6-11-10/h4-7H,1-3H3,(H,12,13). The molecule has 0 unspecified atom stereocenters. The molecule has 4 heteroatoms. The number of nitrogens with zero attached hydrogens (tertiary/aromatic N) is 1. The number of aromatic nitrogens is 1. The molecule has 76 valence electrons. The van der Waals surface area contributed by atoms with E-state index in [1.165, 1.54) is 6.92 Å². The van der Waals surface area contributed by atoms with Gasteiger partial charge in [-0.25, -0.2) is 4.98 Å². The van der Waals surface area contributed by atoms with Gasteiger partial charge in [-0.05, 0) is 26.0 Å². The molecule has 0 aliphatic carbocycles. The van der Waals surface area contributed by atoms with Gasteiger partial charge in [0.2, 0.25) is 11.8 Å². The number of ether oxygens (including phenoxy) is 1. The monoisotopic (exact) mass is 194 g/mol. The molecule has 0 spiro atoms. The molecule has 0 aromatic carbocycles. The van der Waals surface area contributed by atoms with E-state index in [2.05, 4.69) is 10.3 Å². The van der Waals surface area contributed by atoms with Crippen LogP contribution in [0.4, 0.5) is 5.69 Å². The summed E-state index contributed by atoms with van der Waals surface area (Å²) in [5.74, 6) is 0.323. The van der Waals surface area contributed by atoms with Crippen LogP contribution in [0.5, 0.6) is 5.88 Å². The van der Waals surface area contributed by atoms with E-state index >= 15 is 0 Å². The van der Waals surface area contributed by atoms with Crippen molar-refractivity contribution in [3.63, 3.8) is 0 Å². The first-order valence-electron chi connectivity index (χ1n) is 4.49. The minimum Gasteiger partial charge on any atom is -0.473 e. The van der Waals surface area contributed by atoms with Crippen LogP contribution in [0.2, 0.25) is 0 Å². The second kappa shape index (κ2) is 4.60. The van der Waals surface area contributed by atoms with Gasteiger partial charge in [0.05, 0.1) is 6.10 Å². The number of anilines is 1. The second-order valence-corrected chi connectivity index (χ2v) is 3.20. The molecule has 1 aromatic rings. The Bertz CT molecular complexity index is 324. The molecule has 0 aliphatic rings. The summed E-state index contributed by atoms with van der Waals surface area (Å²) >= 11 is 0. The third-order valence-corrected chi connectivity index (χ3v) is 1.43. The fraction of sp³-hybridized carbons (Fsp3) is 0.400. The highest BCUT2D eigenvalue weighted by atomic mass is 16.5. The molecule has 4 nitrogen and oxygen atoms in total. The normalized spacial score (nSPS) is 10.0. The Balaban J connectivity index is 2.85. The Hall–Kier alpha value is -1.58. The zero-order valence-electron chi connectivity index (χ0n) is 8.57. The zero-order valence-corrected chi connectivity index (χ0v) is 8.57. The summed E-state index contributed by atoms with van der Waals surface area (Å²) in [5, 5.41) is 2.65. The number of amides is 1. The molecule has 1 amide bonds. The first-order chi connectivity index (χ1) is 6.59. The van der Waals surface area contributed by atoms with Crippen molar-refractivity contribution in [3.8, 4) is 5.88 Å². The van der Waals surface area contributed by atoms with Crippen LogP contribution in [0.3, 0.4) is 0 Å². The van der Waals surface area contributed by atoms with Gasteiger partial charge in [-0.3, -0.25) is 4.79 Å². The topological polar surface area (TPSA) is 51.2 Å². The number of pyridine rings is 1. The van der Waals surface area contributed by atoms with Crippen molar-refractivity contribution in [2.45, 2.75) is 26.9 Å². The van der Waals surface area contributed by atoms with Gasteiger partial charge >= 0.3 is 0 Å². The maximum atomic E-state index is 10.9. The minimum absolute atomic E-state index is 0.0393. The van der Waals surface area contributed by atoms with E-state index in [9.17, 15) is 4.79 Å². The van der Waals surface area contributed by atoms with Crippen molar-refractivity contribution >= 4 is 11.6 Å². The number of carbonyl (C=O) groups is 1. The predicted molar refractivity (Wildman–Crippen MR) is 54.3 cm³/mol. The Morgan fingerprint density at radius 1 is 1.57 bits per heavy atom. The van der Waals surface area contributed by atoms with Gasteiger partial charge in [-0.1, -0.05) is 0 Å². The van der Waals surface area contributed by atoms with Gasteiger partial charge in [0.1, 0.15) is 5.69 Å². The summed E-state index contributed by atoms with van der Waals surface area (Å²) in [6, 6.07) is 3.50. The number of hydrogen-bond acceptors (Lipinski definition) is 3. The van der Waals surface area contributed by atoms with Gasteiger partial charge in [-0.15, -0.1) is 0 Å². The molecular formula is C10H14N2O2. The maximum Gasteiger partial charge on any atom is 0.238 e. The summed E-state index contributed by atoms with van der Waals surface area (Å²) in [6.07, 6.45) is 1.67. The SMILES string of the molecule is CC(=O)Nc1cccnc1OC(C)C. The van der Waals surface area contributed by atoms with Crippen LogP contribution in [-0.2, 0) is 4.79 Å². The molecule has 0 saturated carbocycles. The third kappa shape index (κ3) is 3.05. The van der Waals surface area contributed by atoms with Gasteiger partial charge in [0.15, 0.2) is 0 Å². The predicted octanol–water partition coefficient (Wildman–Crippen LogP) is 1.83. The summed E-state index contributed by atoms with van der Waals surface area (Å²) in [6.45, 7) is 5.27. The van der Waals surface area contributed by atoms with E-state index in [4.69, 9.17) is 4.74 Å². The highest BCUT2D eigenvalue weighted by molar-refractivity contribution is 5.89. The number of hydrogen-bond donors (Lipinski definition) is 1. The molecule has 1 heterocycles. The third-order valence-electron chi connectivity index (χ3n) is 1.43. The molecule has 0 aliphatic heterocycles. The lowest BCUT2D eigenvalue weighted by Crippen LogP contribution is -2.12. The highest BCUT2D eigenvalue weighted by Gasteiger charge is 2.06. The molecule has 1 aromatic heterocycles. The number of rotatable bonds is 3. The minimum atomic E-state index is -0.133.